The predicted molar refractivity (Wildman–Crippen MR) is 53.9 cm³/mol. The number of rotatable bonds is 4. The summed E-state index contributed by atoms with van der Waals surface area (Å²) in [5.41, 5.74) is 5.22. The summed E-state index contributed by atoms with van der Waals surface area (Å²) in [5, 5.41) is 0. The van der Waals surface area contributed by atoms with Gasteiger partial charge in [0.15, 0.2) is 0 Å². The number of pyridine rings is 1. The van der Waals surface area contributed by atoms with Crippen LogP contribution in [0.3, 0.4) is 0 Å². The number of hydrogen-bond donors (Lipinski definition) is 1. The molecule has 0 bridgehead atoms. The first kappa shape index (κ1) is 12.4. The number of carbonyl (C=O) groups is 1. The van der Waals surface area contributed by atoms with Crippen molar-refractivity contribution in [2.24, 2.45) is 0 Å². The van der Waals surface area contributed by atoms with E-state index in [-0.39, 0.29) is 24.3 Å². The van der Waals surface area contributed by atoms with Crippen LogP contribution in [0.15, 0.2) is 12.3 Å². The van der Waals surface area contributed by atoms with Gasteiger partial charge >= 0.3 is 5.97 Å². The van der Waals surface area contributed by atoms with Gasteiger partial charge in [-0.25, -0.2) is 8.78 Å². The van der Waals surface area contributed by atoms with Crippen LogP contribution in [-0.2, 0) is 16.0 Å². The Morgan fingerprint density at radius 2 is 2.31 bits per heavy atom. The number of ether oxygens (including phenoxy) is 1. The lowest BCUT2D eigenvalue weighted by Gasteiger charge is -2.09. The first-order chi connectivity index (χ1) is 7.56. The minimum Gasteiger partial charge on any atom is -0.466 e. The zero-order chi connectivity index (χ0) is 12.1. The van der Waals surface area contributed by atoms with E-state index in [0.29, 0.717) is 0 Å². The molecule has 0 aliphatic carbocycles. The molecule has 0 aromatic carbocycles. The first-order valence-corrected chi connectivity index (χ1v) is 4.73. The molecule has 0 fully saturated rings. The second kappa shape index (κ2) is 5.39. The maximum Gasteiger partial charge on any atom is 0.310 e. The molecule has 0 amide bonds. The Hall–Kier alpha value is -1.72. The van der Waals surface area contributed by atoms with Crippen molar-refractivity contribution in [2.75, 3.05) is 12.3 Å². The maximum atomic E-state index is 12.6. The van der Waals surface area contributed by atoms with Crippen molar-refractivity contribution in [3.63, 3.8) is 0 Å². The average molecular weight is 230 g/mol. The van der Waals surface area contributed by atoms with Crippen LogP contribution in [0.1, 0.15) is 24.6 Å². The molecule has 88 valence electrons. The van der Waals surface area contributed by atoms with Gasteiger partial charge in [0.05, 0.1) is 13.0 Å². The molecule has 1 rings (SSSR count). The van der Waals surface area contributed by atoms with Crippen molar-refractivity contribution in [1.82, 2.24) is 4.98 Å². The lowest BCUT2D eigenvalue weighted by molar-refractivity contribution is -0.142. The van der Waals surface area contributed by atoms with Crippen LogP contribution in [0.25, 0.3) is 0 Å². The van der Waals surface area contributed by atoms with Gasteiger partial charge in [-0.3, -0.25) is 9.78 Å². The van der Waals surface area contributed by atoms with Gasteiger partial charge in [0, 0.05) is 17.4 Å². The number of carbonyl (C=O) groups excluding carboxylic acids is 1. The average Bonchev–Trinajstić information content (AvgIpc) is 2.21. The van der Waals surface area contributed by atoms with Gasteiger partial charge in [0.1, 0.15) is 5.69 Å². The van der Waals surface area contributed by atoms with Crippen molar-refractivity contribution < 1.29 is 18.3 Å². The number of halogens is 2. The number of esters is 1. The SMILES string of the molecule is CCOC(=O)Cc1c(N)ccnc1C(F)F. The summed E-state index contributed by atoms with van der Waals surface area (Å²) in [6.45, 7) is 1.83. The topological polar surface area (TPSA) is 65.2 Å². The van der Waals surface area contributed by atoms with Crippen LogP contribution in [0.5, 0.6) is 0 Å². The molecule has 4 nitrogen and oxygen atoms in total. The van der Waals surface area contributed by atoms with Gasteiger partial charge in [0.25, 0.3) is 6.43 Å². The fraction of sp³-hybridized carbons (Fsp3) is 0.400. The molecule has 1 aromatic heterocycles. The van der Waals surface area contributed by atoms with Crippen molar-refractivity contribution in [1.29, 1.82) is 0 Å². The molecule has 1 heterocycles. The maximum absolute atomic E-state index is 12.6. The van der Waals surface area contributed by atoms with Gasteiger partial charge in [-0.15, -0.1) is 0 Å². The predicted octanol–water partition coefficient (Wildman–Crippen LogP) is 1.71. The first-order valence-electron chi connectivity index (χ1n) is 4.73. The smallest absolute Gasteiger partial charge is 0.310 e. The molecule has 1 aromatic rings. The minimum absolute atomic E-state index is 0.0379. The molecule has 0 unspecified atom stereocenters. The standard InChI is InChI=1S/C10H12F2N2O2/c1-2-16-8(15)5-6-7(13)3-4-14-9(6)10(11)12/h3-4,10H,2,5H2,1H3,(H2,13,14). The molecule has 16 heavy (non-hydrogen) atoms. The summed E-state index contributed by atoms with van der Waals surface area (Å²) in [5.74, 6) is -0.593. The third kappa shape index (κ3) is 2.88. The minimum atomic E-state index is -2.76. The summed E-state index contributed by atoms with van der Waals surface area (Å²) in [6, 6.07) is 1.38. The zero-order valence-corrected chi connectivity index (χ0v) is 8.74. The molecule has 0 atom stereocenters. The van der Waals surface area contributed by atoms with E-state index in [2.05, 4.69) is 9.72 Å². The Kier molecular flexibility index (Phi) is 4.16. The van der Waals surface area contributed by atoms with E-state index < -0.39 is 18.1 Å². The van der Waals surface area contributed by atoms with Crippen LogP contribution in [-0.4, -0.2) is 17.6 Å². The number of nitrogens with zero attached hydrogens (tertiary/aromatic N) is 1. The fourth-order valence-corrected chi connectivity index (χ4v) is 1.26. The highest BCUT2D eigenvalue weighted by Gasteiger charge is 2.19. The van der Waals surface area contributed by atoms with Gasteiger partial charge in [-0.05, 0) is 13.0 Å². The summed E-state index contributed by atoms with van der Waals surface area (Å²) >= 11 is 0. The van der Waals surface area contributed by atoms with Crippen molar-refractivity contribution >= 4 is 11.7 Å². The Morgan fingerprint density at radius 3 is 2.88 bits per heavy atom. The largest absolute Gasteiger partial charge is 0.466 e. The third-order valence-electron chi connectivity index (χ3n) is 1.96. The fourth-order valence-electron chi connectivity index (χ4n) is 1.26. The molecule has 0 aliphatic heterocycles. The molecule has 0 aliphatic rings. The number of anilines is 1. The third-order valence-corrected chi connectivity index (χ3v) is 1.96. The van der Waals surface area contributed by atoms with Crippen molar-refractivity contribution in [3.05, 3.63) is 23.5 Å². The quantitative estimate of drug-likeness (QED) is 0.799. The van der Waals surface area contributed by atoms with Crippen LogP contribution in [0, 0.1) is 0 Å². The van der Waals surface area contributed by atoms with E-state index in [1.54, 1.807) is 6.92 Å². The molecule has 2 N–H and O–H groups in total. The summed E-state index contributed by atoms with van der Waals surface area (Å²) in [6.07, 6.45) is -1.86. The molecular formula is C10H12F2N2O2. The van der Waals surface area contributed by atoms with E-state index in [1.807, 2.05) is 0 Å². The van der Waals surface area contributed by atoms with Crippen LogP contribution >= 0.6 is 0 Å². The molecule has 0 spiro atoms. The van der Waals surface area contributed by atoms with Crippen LogP contribution in [0.2, 0.25) is 0 Å². The highest BCUT2D eigenvalue weighted by molar-refractivity contribution is 5.75. The molecule has 0 saturated carbocycles. The second-order valence-electron chi connectivity index (χ2n) is 3.05. The summed E-state index contributed by atoms with van der Waals surface area (Å²) < 4.78 is 29.8. The van der Waals surface area contributed by atoms with Gasteiger partial charge in [-0.1, -0.05) is 0 Å². The normalized spacial score (nSPS) is 10.5. The van der Waals surface area contributed by atoms with E-state index in [0.717, 1.165) is 0 Å². The molecule has 6 heteroatoms. The van der Waals surface area contributed by atoms with Gasteiger partial charge in [-0.2, -0.15) is 0 Å². The van der Waals surface area contributed by atoms with Crippen LogP contribution < -0.4 is 5.73 Å². The second-order valence-corrected chi connectivity index (χ2v) is 3.05. The number of aromatic nitrogens is 1. The number of nitrogens with two attached hydrogens (primary N) is 1. The Labute approximate surface area is 91.4 Å². The Balaban J connectivity index is 2.97. The summed E-state index contributed by atoms with van der Waals surface area (Å²) in [7, 11) is 0. The highest BCUT2D eigenvalue weighted by Crippen LogP contribution is 2.25. The number of hydrogen-bond acceptors (Lipinski definition) is 4. The van der Waals surface area contributed by atoms with E-state index in [1.165, 1.54) is 12.3 Å². The Bertz CT molecular complexity index is 383. The number of alkyl halides is 2. The van der Waals surface area contributed by atoms with E-state index in [4.69, 9.17) is 5.73 Å². The molecule has 0 radical (unpaired) electrons. The van der Waals surface area contributed by atoms with E-state index >= 15 is 0 Å². The van der Waals surface area contributed by atoms with Crippen molar-refractivity contribution in [2.45, 2.75) is 19.8 Å². The highest BCUT2D eigenvalue weighted by atomic mass is 19.3. The van der Waals surface area contributed by atoms with E-state index in [9.17, 15) is 13.6 Å². The molecular weight excluding hydrogens is 218 g/mol. The van der Waals surface area contributed by atoms with Crippen LogP contribution in [0.4, 0.5) is 14.5 Å². The van der Waals surface area contributed by atoms with Crippen molar-refractivity contribution in [3.8, 4) is 0 Å². The van der Waals surface area contributed by atoms with Gasteiger partial charge < -0.3 is 10.5 Å². The number of nitrogen functional groups attached to an aromatic ring is 1. The van der Waals surface area contributed by atoms with Gasteiger partial charge in [0.2, 0.25) is 0 Å². The lowest BCUT2D eigenvalue weighted by atomic mass is 10.1. The monoisotopic (exact) mass is 230 g/mol. The lowest BCUT2D eigenvalue weighted by Crippen LogP contribution is -2.12. The Morgan fingerprint density at radius 1 is 1.62 bits per heavy atom. The zero-order valence-electron chi connectivity index (χ0n) is 8.74. The molecule has 0 saturated heterocycles. The summed E-state index contributed by atoms with van der Waals surface area (Å²) in [4.78, 5) is 14.7.